The van der Waals surface area contributed by atoms with Gasteiger partial charge in [-0.25, -0.2) is 9.48 Å². The Morgan fingerprint density at radius 1 is 1.05 bits per heavy atom. The van der Waals surface area contributed by atoms with Gasteiger partial charge in [0.15, 0.2) is 0 Å². The van der Waals surface area contributed by atoms with E-state index in [9.17, 15) is 4.79 Å². The summed E-state index contributed by atoms with van der Waals surface area (Å²) in [5.41, 5.74) is 3.48. The smallest absolute Gasteiger partial charge is 0.338 e. The lowest BCUT2D eigenvalue weighted by Gasteiger charge is -2.30. The van der Waals surface area contributed by atoms with Crippen molar-refractivity contribution in [3.63, 3.8) is 0 Å². The van der Waals surface area contributed by atoms with Gasteiger partial charge in [0.1, 0.15) is 17.9 Å². The zero-order valence-corrected chi connectivity index (χ0v) is 23.7. The van der Waals surface area contributed by atoms with E-state index in [1.165, 1.54) is 12.0 Å². The Kier molecular flexibility index (Phi) is 9.24. The molecule has 0 bridgehead atoms. The molecule has 2 aromatic carbocycles. The monoisotopic (exact) mass is 546 g/mol. The number of carbonyl (C=O) groups excluding carboxylic acids is 1. The lowest BCUT2D eigenvalue weighted by atomic mass is 9.95. The molecule has 0 saturated heterocycles. The number of carbonyl (C=O) groups is 1. The predicted octanol–water partition coefficient (Wildman–Crippen LogP) is 7.30. The molecule has 2 heterocycles. The highest BCUT2D eigenvalue weighted by molar-refractivity contribution is 7.98. The minimum Gasteiger partial charge on any atom is -0.494 e. The molecule has 1 saturated carbocycles. The van der Waals surface area contributed by atoms with Crippen molar-refractivity contribution < 1.29 is 14.3 Å². The molecule has 3 aromatic rings. The first-order chi connectivity index (χ1) is 19.1. The van der Waals surface area contributed by atoms with Gasteiger partial charge in [0.25, 0.3) is 0 Å². The van der Waals surface area contributed by atoms with Gasteiger partial charge < -0.3 is 14.8 Å². The summed E-state index contributed by atoms with van der Waals surface area (Å²) in [5, 5.41) is 8.85. The largest absolute Gasteiger partial charge is 0.494 e. The quantitative estimate of drug-likeness (QED) is 0.154. The van der Waals surface area contributed by atoms with Crippen molar-refractivity contribution in [1.29, 1.82) is 0 Å². The Bertz CT molecular complexity index is 1270. The topological polar surface area (TPSA) is 78.3 Å². The molecule has 5 rings (SSSR count). The predicted molar refractivity (Wildman–Crippen MR) is 155 cm³/mol. The summed E-state index contributed by atoms with van der Waals surface area (Å²) < 4.78 is 13.8. The second-order valence-electron chi connectivity index (χ2n) is 10.3. The number of rotatable bonds is 11. The van der Waals surface area contributed by atoms with Gasteiger partial charge in [0, 0.05) is 11.4 Å². The van der Waals surface area contributed by atoms with Crippen LogP contribution in [-0.4, -0.2) is 33.4 Å². The van der Waals surface area contributed by atoms with Crippen LogP contribution in [0.4, 0.5) is 5.95 Å². The van der Waals surface area contributed by atoms with E-state index in [4.69, 9.17) is 19.6 Å². The van der Waals surface area contributed by atoms with Crippen LogP contribution in [0.25, 0.3) is 0 Å². The number of nitrogens with zero attached hydrogens (tertiary/aromatic N) is 3. The number of nitrogens with one attached hydrogen (secondary N) is 1. The number of aromatic nitrogens is 3. The second-order valence-corrected chi connectivity index (χ2v) is 11.2. The molecule has 1 aliphatic heterocycles. The minimum absolute atomic E-state index is 0.0276. The van der Waals surface area contributed by atoms with E-state index in [1.807, 2.05) is 54.1 Å². The van der Waals surface area contributed by atoms with E-state index < -0.39 is 6.04 Å². The van der Waals surface area contributed by atoms with Crippen molar-refractivity contribution in [3.8, 4) is 5.75 Å². The zero-order valence-electron chi connectivity index (χ0n) is 22.9. The van der Waals surface area contributed by atoms with Gasteiger partial charge in [-0.2, -0.15) is 4.98 Å². The lowest BCUT2D eigenvalue weighted by molar-refractivity contribution is -0.146. The molecule has 8 heteroatoms. The Morgan fingerprint density at radius 3 is 2.56 bits per heavy atom. The first-order valence-corrected chi connectivity index (χ1v) is 15.2. The molecule has 1 aromatic heterocycles. The number of anilines is 1. The summed E-state index contributed by atoms with van der Waals surface area (Å²) in [7, 11) is 0. The third-order valence-corrected chi connectivity index (χ3v) is 8.21. The van der Waals surface area contributed by atoms with E-state index >= 15 is 0 Å². The van der Waals surface area contributed by atoms with Crippen LogP contribution in [0.15, 0.2) is 71.0 Å². The first kappa shape index (κ1) is 27.3. The molecule has 0 spiro atoms. The van der Waals surface area contributed by atoms with Crippen LogP contribution in [0.2, 0.25) is 0 Å². The minimum atomic E-state index is -0.440. The maximum Gasteiger partial charge on any atom is 0.338 e. The molecule has 1 fully saturated rings. The molecule has 2 aliphatic rings. The van der Waals surface area contributed by atoms with Crippen LogP contribution in [-0.2, 0) is 15.3 Å². The van der Waals surface area contributed by atoms with Crippen molar-refractivity contribution in [2.75, 3.05) is 11.9 Å². The SMILES string of the molecule is CCCCCOc1ccc(C2C(C(=O)OC3CCCCC3)=C(C)Nc3nc(SCc4ccccc4)nn32)cc1. The Morgan fingerprint density at radius 2 is 1.82 bits per heavy atom. The maximum absolute atomic E-state index is 13.6. The third-order valence-electron chi connectivity index (χ3n) is 7.30. The van der Waals surface area contributed by atoms with Crippen molar-refractivity contribution in [1.82, 2.24) is 14.8 Å². The molecular formula is C31H38N4O3S. The van der Waals surface area contributed by atoms with Crippen molar-refractivity contribution in [3.05, 3.63) is 77.0 Å². The lowest BCUT2D eigenvalue weighted by Crippen LogP contribution is -2.32. The van der Waals surface area contributed by atoms with Crippen LogP contribution < -0.4 is 10.1 Å². The molecule has 1 aliphatic carbocycles. The van der Waals surface area contributed by atoms with Crippen molar-refractivity contribution in [2.24, 2.45) is 0 Å². The number of hydrogen-bond acceptors (Lipinski definition) is 7. The first-order valence-electron chi connectivity index (χ1n) is 14.2. The average molecular weight is 547 g/mol. The molecular weight excluding hydrogens is 508 g/mol. The average Bonchev–Trinajstić information content (AvgIpc) is 3.37. The van der Waals surface area contributed by atoms with Crippen LogP contribution in [0.1, 0.15) is 82.4 Å². The summed E-state index contributed by atoms with van der Waals surface area (Å²) in [6.45, 7) is 4.81. The van der Waals surface area contributed by atoms with Gasteiger partial charge in [-0.3, -0.25) is 0 Å². The number of allylic oxidation sites excluding steroid dienone is 1. The standard InChI is InChI=1S/C31H38N4O3S/c1-3-4-11-20-37-25-18-16-24(17-19-25)28-27(29(36)38-26-14-9-6-10-15-26)22(2)32-30-33-31(34-35(28)30)39-21-23-12-7-5-8-13-23/h5,7-8,12-13,16-19,26,28H,3-4,6,9-11,14-15,20-21H2,1-2H3,(H,32,33,34). The molecule has 1 unspecified atom stereocenters. The van der Waals surface area contributed by atoms with Gasteiger partial charge in [0.2, 0.25) is 11.1 Å². The fourth-order valence-corrected chi connectivity index (χ4v) is 5.96. The summed E-state index contributed by atoms with van der Waals surface area (Å²) in [6.07, 6.45) is 8.60. The highest BCUT2D eigenvalue weighted by Gasteiger charge is 2.36. The normalized spacial score (nSPS) is 17.4. The summed E-state index contributed by atoms with van der Waals surface area (Å²) in [6, 6.07) is 17.8. The molecule has 0 radical (unpaired) electrons. The molecule has 7 nitrogen and oxygen atoms in total. The fraction of sp³-hybridized carbons (Fsp3) is 0.452. The number of hydrogen-bond donors (Lipinski definition) is 1. The van der Waals surface area contributed by atoms with Crippen molar-refractivity contribution >= 4 is 23.7 Å². The molecule has 0 amide bonds. The maximum atomic E-state index is 13.6. The summed E-state index contributed by atoms with van der Waals surface area (Å²) >= 11 is 1.58. The molecule has 1 atom stereocenters. The van der Waals surface area contributed by atoms with Crippen LogP contribution in [0.5, 0.6) is 5.75 Å². The zero-order chi connectivity index (χ0) is 27.0. The molecule has 39 heavy (non-hydrogen) atoms. The van der Waals surface area contributed by atoms with Crippen LogP contribution >= 0.6 is 11.8 Å². The summed E-state index contributed by atoms with van der Waals surface area (Å²) in [4.78, 5) is 18.4. The number of thioether (sulfide) groups is 1. The molecule has 206 valence electrons. The number of unbranched alkanes of at least 4 members (excludes halogenated alkanes) is 2. The van der Waals surface area contributed by atoms with Gasteiger partial charge in [-0.05, 0) is 62.3 Å². The van der Waals surface area contributed by atoms with Crippen molar-refractivity contribution in [2.45, 2.75) is 88.3 Å². The van der Waals surface area contributed by atoms with E-state index in [0.717, 1.165) is 67.7 Å². The number of esters is 1. The number of ether oxygens (including phenoxy) is 2. The third kappa shape index (κ3) is 6.85. The second kappa shape index (κ2) is 13.2. The van der Waals surface area contributed by atoms with Crippen LogP contribution in [0.3, 0.4) is 0 Å². The van der Waals surface area contributed by atoms with Gasteiger partial charge >= 0.3 is 5.97 Å². The number of fused-ring (bicyclic) bond motifs is 1. The van der Waals surface area contributed by atoms with Crippen LogP contribution in [0, 0.1) is 0 Å². The van der Waals surface area contributed by atoms with Gasteiger partial charge in [-0.1, -0.05) is 80.4 Å². The van der Waals surface area contributed by atoms with E-state index in [0.29, 0.717) is 23.3 Å². The number of benzene rings is 2. The fourth-order valence-electron chi connectivity index (χ4n) is 5.17. The van der Waals surface area contributed by atoms with E-state index in [2.05, 4.69) is 24.4 Å². The summed E-state index contributed by atoms with van der Waals surface area (Å²) in [5.74, 6) is 1.94. The van der Waals surface area contributed by atoms with E-state index in [1.54, 1.807) is 11.8 Å². The highest BCUT2D eigenvalue weighted by atomic mass is 32.2. The Hall–Kier alpha value is -3.26. The highest BCUT2D eigenvalue weighted by Crippen LogP contribution is 2.38. The molecule has 1 N–H and O–H groups in total. The van der Waals surface area contributed by atoms with Gasteiger partial charge in [0.05, 0.1) is 12.2 Å². The Labute approximate surface area is 235 Å². The van der Waals surface area contributed by atoms with E-state index in [-0.39, 0.29) is 12.1 Å². The Balaban J connectivity index is 1.41. The van der Waals surface area contributed by atoms with Gasteiger partial charge in [-0.15, -0.1) is 5.10 Å².